The predicted molar refractivity (Wildman–Crippen MR) is 129 cm³/mol. The summed E-state index contributed by atoms with van der Waals surface area (Å²) in [7, 11) is 0.554. The van der Waals surface area contributed by atoms with E-state index in [0.717, 1.165) is 22.9 Å². The summed E-state index contributed by atoms with van der Waals surface area (Å²) in [5.74, 6) is 1.92. The van der Waals surface area contributed by atoms with E-state index in [4.69, 9.17) is 4.74 Å². The maximum Gasteiger partial charge on any atom is 0.154 e. The van der Waals surface area contributed by atoms with Crippen LogP contribution >= 0.6 is 8.58 Å². The summed E-state index contributed by atoms with van der Waals surface area (Å²) < 4.78 is 6.66. The molecule has 0 saturated carbocycles. The van der Waals surface area contributed by atoms with E-state index in [1.807, 2.05) is 18.2 Å². The monoisotopic (exact) mass is 409 g/mol. The van der Waals surface area contributed by atoms with Crippen LogP contribution in [0.25, 0.3) is 0 Å². The molecule has 148 valence electrons. The van der Waals surface area contributed by atoms with Crippen molar-refractivity contribution in [1.82, 2.24) is 0 Å². The molecule has 1 atom stereocenters. The molecule has 1 heterocycles. The first kappa shape index (κ1) is 18.9. The molecule has 1 unspecified atom stereocenters. The van der Waals surface area contributed by atoms with Gasteiger partial charge >= 0.3 is 0 Å². The van der Waals surface area contributed by atoms with Gasteiger partial charge in [-0.25, -0.2) is 0 Å². The summed E-state index contributed by atoms with van der Waals surface area (Å²) in [6, 6.07) is 33.8. The van der Waals surface area contributed by atoms with E-state index < -0.39 is 0 Å². The quantitative estimate of drug-likeness (QED) is 0.389. The number of anilines is 2. The van der Waals surface area contributed by atoms with Gasteiger partial charge in [0.05, 0.1) is 5.69 Å². The maximum absolute atomic E-state index is 6.66. The number of rotatable bonds is 4. The first-order chi connectivity index (χ1) is 14.6. The molecule has 4 aromatic rings. The van der Waals surface area contributed by atoms with Crippen LogP contribution in [0.15, 0.2) is 97.1 Å². The normalized spacial score (nSPS) is 14.1. The van der Waals surface area contributed by atoms with Crippen LogP contribution in [0.3, 0.4) is 0 Å². The molecule has 0 amide bonds. The Kier molecular flexibility index (Phi) is 4.81. The van der Waals surface area contributed by atoms with Crippen LogP contribution in [0.5, 0.6) is 11.5 Å². The fraction of sp³-hybridized carbons (Fsp3) is 0.111. The maximum atomic E-state index is 6.66. The van der Waals surface area contributed by atoms with Crippen LogP contribution in [0.2, 0.25) is 0 Å². The molecule has 1 aliphatic rings. The number of ether oxygens (including phenoxy) is 1. The van der Waals surface area contributed by atoms with Crippen molar-refractivity contribution < 1.29 is 4.74 Å². The Morgan fingerprint density at radius 3 is 2.03 bits per heavy atom. The average molecular weight is 409 g/mol. The molecule has 3 heteroatoms. The van der Waals surface area contributed by atoms with Gasteiger partial charge in [0.15, 0.2) is 5.75 Å². The van der Waals surface area contributed by atoms with Crippen molar-refractivity contribution in [2.45, 2.75) is 19.3 Å². The van der Waals surface area contributed by atoms with Gasteiger partial charge in [0.25, 0.3) is 0 Å². The summed E-state index contributed by atoms with van der Waals surface area (Å²) in [5, 5.41) is 6.10. The van der Waals surface area contributed by atoms with E-state index in [1.54, 1.807) is 0 Å². The molecule has 0 radical (unpaired) electrons. The van der Waals surface area contributed by atoms with Crippen LogP contribution in [0.1, 0.15) is 25.0 Å². The summed E-state index contributed by atoms with van der Waals surface area (Å²) in [6.45, 7) is 4.57. The Balaban J connectivity index is 1.60. The standard InChI is InChI=1S/C27H24NOP/c1-27(2)21-15-9-17-23(28-19-11-5-3-6-12-19)25(21)29-26-22(27)16-10-18-24(26)30-20-13-7-4-8-14-20/h3-18,28,30H,1-2H3. The highest BCUT2D eigenvalue weighted by atomic mass is 31.1. The van der Waals surface area contributed by atoms with Gasteiger partial charge in [-0.3, -0.25) is 0 Å². The molecule has 5 rings (SSSR count). The van der Waals surface area contributed by atoms with Gasteiger partial charge in [-0.2, -0.15) is 0 Å². The van der Waals surface area contributed by atoms with Crippen molar-refractivity contribution in [3.8, 4) is 11.5 Å². The lowest BCUT2D eigenvalue weighted by atomic mass is 9.75. The van der Waals surface area contributed by atoms with Gasteiger partial charge in [0.1, 0.15) is 5.75 Å². The Morgan fingerprint density at radius 1 is 0.667 bits per heavy atom. The minimum atomic E-state index is -0.144. The zero-order chi connectivity index (χ0) is 20.6. The number of para-hydroxylation sites is 3. The number of fused-ring (bicyclic) bond motifs is 2. The highest BCUT2D eigenvalue weighted by molar-refractivity contribution is 7.55. The largest absolute Gasteiger partial charge is 0.454 e. The minimum absolute atomic E-state index is 0.144. The second-order valence-electron chi connectivity index (χ2n) is 8.07. The summed E-state index contributed by atoms with van der Waals surface area (Å²) in [5.41, 5.74) is 4.35. The third kappa shape index (κ3) is 3.38. The lowest BCUT2D eigenvalue weighted by Gasteiger charge is -2.36. The zero-order valence-corrected chi connectivity index (χ0v) is 18.1. The number of nitrogens with one attached hydrogen (secondary N) is 1. The molecule has 0 spiro atoms. The number of hydrogen-bond acceptors (Lipinski definition) is 2. The lowest BCUT2D eigenvalue weighted by molar-refractivity contribution is 0.423. The SMILES string of the molecule is CC1(C)c2cccc(Nc3ccccc3)c2Oc2c(Pc3ccccc3)cccc21. The Labute approximate surface area is 179 Å². The molecule has 0 saturated heterocycles. The molecule has 1 aliphatic heterocycles. The van der Waals surface area contributed by atoms with Gasteiger partial charge in [-0.15, -0.1) is 0 Å². The Morgan fingerprint density at radius 2 is 1.30 bits per heavy atom. The van der Waals surface area contributed by atoms with Crippen molar-refractivity contribution in [2.24, 2.45) is 0 Å². The second kappa shape index (κ2) is 7.63. The molecule has 0 aliphatic carbocycles. The molecule has 2 nitrogen and oxygen atoms in total. The minimum Gasteiger partial charge on any atom is -0.454 e. The molecule has 0 fully saturated rings. The third-order valence-electron chi connectivity index (χ3n) is 5.69. The van der Waals surface area contributed by atoms with E-state index in [0.29, 0.717) is 8.58 Å². The van der Waals surface area contributed by atoms with Crippen LogP contribution in [-0.2, 0) is 5.41 Å². The van der Waals surface area contributed by atoms with Crippen molar-refractivity contribution in [3.63, 3.8) is 0 Å². The van der Waals surface area contributed by atoms with Crippen LogP contribution in [-0.4, -0.2) is 0 Å². The average Bonchev–Trinajstić information content (AvgIpc) is 2.77. The molecule has 0 aromatic heterocycles. The number of benzene rings is 4. The summed E-state index contributed by atoms with van der Waals surface area (Å²) in [6.07, 6.45) is 0. The van der Waals surface area contributed by atoms with Crippen molar-refractivity contribution in [1.29, 1.82) is 0 Å². The van der Waals surface area contributed by atoms with E-state index in [-0.39, 0.29) is 5.41 Å². The topological polar surface area (TPSA) is 21.3 Å². The summed E-state index contributed by atoms with van der Waals surface area (Å²) in [4.78, 5) is 0. The van der Waals surface area contributed by atoms with Gasteiger partial charge in [-0.05, 0) is 23.5 Å². The fourth-order valence-electron chi connectivity index (χ4n) is 4.08. The lowest BCUT2D eigenvalue weighted by Crippen LogP contribution is -2.27. The zero-order valence-electron chi connectivity index (χ0n) is 17.1. The van der Waals surface area contributed by atoms with Gasteiger partial charge in [-0.1, -0.05) is 101 Å². The molecule has 30 heavy (non-hydrogen) atoms. The number of hydrogen-bond donors (Lipinski definition) is 1. The molecule has 1 N–H and O–H groups in total. The molecule has 4 aromatic carbocycles. The second-order valence-corrected chi connectivity index (χ2v) is 9.44. The molecule has 0 bridgehead atoms. The van der Waals surface area contributed by atoms with Crippen molar-refractivity contribution in [3.05, 3.63) is 108 Å². The fourth-order valence-corrected chi connectivity index (χ4v) is 5.23. The first-order valence-electron chi connectivity index (χ1n) is 10.2. The van der Waals surface area contributed by atoms with Gasteiger partial charge in [0.2, 0.25) is 0 Å². The smallest absolute Gasteiger partial charge is 0.154 e. The van der Waals surface area contributed by atoms with Crippen molar-refractivity contribution in [2.75, 3.05) is 5.32 Å². The summed E-state index contributed by atoms with van der Waals surface area (Å²) >= 11 is 0. The van der Waals surface area contributed by atoms with E-state index in [1.165, 1.54) is 21.7 Å². The van der Waals surface area contributed by atoms with Gasteiger partial charge < -0.3 is 10.1 Å². The highest BCUT2D eigenvalue weighted by Gasteiger charge is 2.36. The molecular weight excluding hydrogens is 385 g/mol. The van der Waals surface area contributed by atoms with Gasteiger partial charge in [0, 0.05) is 27.5 Å². The Bertz CT molecular complexity index is 1090. The van der Waals surface area contributed by atoms with Crippen molar-refractivity contribution >= 4 is 30.6 Å². The highest BCUT2D eigenvalue weighted by Crippen LogP contribution is 2.51. The van der Waals surface area contributed by atoms with Crippen LogP contribution in [0.4, 0.5) is 11.4 Å². The predicted octanol–water partition coefficient (Wildman–Crippen LogP) is 6.49. The third-order valence-corrected chi connectivity index (χ3v) is 6.97. The first-order valence-corrected chi connectivity index (χ1v) is 11.2. The van der Waals surface area contributed by atoms with Crippen LogP contribution < -0.4 is 20.7 Å². The van der Waals surface area contributed by atoms with Crippen LogP contribution in [0, 0.1) is 0 Å². The van der Waals surface area contributed by atoms with E-state index in [9.17, 15) is 0 Å². The van der Waals surface area contributed by atoms with E-state index >= 15 is 0 Å². The van der Waals surface area contributed by atoms with E-state index in [2.05, 4.69) is 98.0 Å². The Hall–Kier alpha value is -3.09. The molecular formula is C27H24NOP.